The van der Waals surface area contributed by atoms with Crippen molar-refractivity contribution in [3.63, 3.8) is 0 Å². The summed E-state index contributed by atoms with van der Waals surface area (Å²) in [5.74, 6) is 3.01. The highest BCUT2D eigenvalue weighted by Gasteiger charge is 2.33. The number of carbonyl (C=O) groups excluding carboxylic acids is 1. The van der Waals surface area contributed by atoms with Gasteiger partial charge in [-0.05, 0) is 39.5 Å². The van der Waals surface area contributed by atoms with Gasteiger partial charge in [0.1, 0.15) is 12.6 Å². The molecule has 1 fully saturated rings. The van der Waals surface area contributed by atoms with E-state index in [9.17, 15) is 4.79 Å². The van der Waals surface area contributed by atoms with Gasteiger partial charge >= 0.3 is 6.09 Å². The molecule has 1 heterocycles. The van der Waals surface area contributed by atoms with E-state index in [4.69, 9.17) is 4.74 Å². The highest BCUT2D eigenvalue weighted by Crippen LogP contribution is 2.26. The number of hydrogen-bond acceptors (Lipinski definition) is 2. The summed E-state index contributed by atoms with van der Waals surface area (Å²) in [6.07, 6.45) is -0.400. The first-order valence-corrected chi connectivity index (χ1v) is 7.32. The predicted molar refractivity (Wildman–Crippen MR) is 83.4 cm³/mol. The van der Waals surface area contributed by atoms with Gasteiger partial charge in [-0.2, -0.15) is 0 Å². The van der Waals surface area contributed by atoms with Gasteiger partial charge in [-0.1, -0.05) is 42.5 Å². The summed E-state index contributed by atoms with van der Waals surface area (Å²) in [5.41, 5.74) is 1.86. The van der Waals surface area contributed by atoms with Crippen molar-refractivity contribution in [1.82, 2.24) is 4.90 Å². The third-order valence-corrected chi connectivity index (χ3v) is 3.93. The molecule has 2 aromatic carbocycles. The summed E-state index contributed by atoms with van der Waals surface area (Å²) in [4.78, 5) is 13.3. The Morgan fingerprint density at radius 2 is 1.81 bits per heavy atom. The number of benzene rings is 2. The first-order chi connectivity index (χ1) is 10.3. The molecule has 1 amide bonds. The fourth-order valence-corrected chi connectivity index (χ4v) is 2.53. The molecule has 0 aromatic heterocycles. The minimum atomic E-state index is -0.400. The van der Waals surface area contributed by atoms with E-state index in [0.717, 1.165) is 15.6 Å². The second kappa shape index (κ2) is 6.02. The predicted octanol–water partition coefficient (Wildman–Crippen LogP) is 3.95. The minimum Gasteiger partial charge on any atom is -0.446 e. The van der Waals surface area contributed by atoms with Gasteiger partial charge in [0.2, 0.25) is 0 Å². The molecule has 0 bridgehead atoms. The molecular formula is C17H12BrNO2. The zero-order valence-corrected chi connectivity index (χ0v) is 12.7. The summed E-state index contributed by atoms with van der Waals surface area (Å²) < 4.78 is 6.03. The lowest BCUT2D eigenvalue weighted by molar-refractivity contribution is 0.167. The molecule has 1 aliphatic heterocycles. The van der Waals surface area contributed by atoms with Crippen LogP contribution in [0.4, 0.5) is 4.79 Å². The number of halogens is 1. The Labute approximate surface area is 131 Å². The number of amides is 1. The molecule has 1 saturated heterocycles. The van der Waals surface area contributed by atoms with Gasteiger partial charge in [-0.25, -0.2) is 9.69 Å². The summed E-state index contributed by atoms with van der Waals surface area (Å²) in [6.45, 7) is 0.327. The van der Waals surface area contributed by atoms with Crippen molar-refractivity contribution in [3.8, 4) is 12.0 Å². The Morgan fingerprint density at radius 1 is 1.10 bits per heavy atom. The van der Waals surface area contributed by atoms with Gasteiger partial charge in [0.25, 0.3) is 0 Å². The van der Waals surface area contributed by atoms with Crippen molar-refractivity contribution in [2.45, 2.75) is 6.04 Å². The molecule has 104 valence electrons. The normalized spacial score (nSPS) is 17.1. The third kappa shape index (κ3) is 2.93. The molecule has 4 heteroatoms. The topological polar surface area (TPSA) is 29.5 Å². The van der Waals surface area contributed by atoms with E-state index in [1.807, 2.05) is 54.6 Å². The van der Waals surface area contributed by atoms with Crippen LogP contribution in [0.1, 0.15) is 17.2 Å². The zero-order chi connectivity index (χ0) is 14.7. The number of nitrogens with zero attached hydrogens (tertiary/aromatic N) is 1. The van der Waals surface area contributed by atoms with Gasteiger partial charge in [0.05, 0.1) is 0 Å². The highest BCUT2D eigenvalue weighted by molar-refractivity contribution is 9.10. The summed E-state index contributed by atoms with van der Waals surface area (Å²) >= 11 is 3.44. The van der Waals surface area contributed by atoms with Gasteiger partial charge in [0, 0.05) is 16.1 Å². The van der Waals surface area contributed by atoms with E-state index in [2.05, 4.69) is 27.9 Å². The maximum atomic E-state index is 11.9. The Bertz CT molecular complexity index is 718. The number of cyclic esters (lactones) is 1. The van der Waals surface area contributed by atoms with Gasteiger partial charge in [-0.3, -0.25) is 0 Å². The fourth-order valence-electron chi connectivity index (χ4n) is 2.15. The van der Waals surface area contributed by atoms with Crippen molar-refractivity contribution >= 4 is 22.0 Å². The number of hydrogen-bond donors (Lipinski definition) is 0. The molecule has 0 aliphatic carbocycles. The maximum Gasteiger partial charge on any atom is 0.422 e. The van der Waals surface area contributed by atoms with Crippen LogP contribution in [-0.4, -0.2) is 17.6 Å². The SMILES string of the molecule is O=C1OC[C@H](c2ccccc2)N1C#Cc1ccccc1Br. The number of carbonyl (C=O) groups is 1. The van der Waals surface area contributed by atoms with Crippen LogP contribution in [0.15, 0.2) is 59.1 Å². The molecule has 1 atom stereocenters. The second-order valence-electron chi connectivity index (χ2n) is 4.59. The Morgan fingerprint density at radius 3 is 2.57 bits per heavy atom. The average Bonchev–Trinajstić information content (AvgIpc) is 2.88. The van der Waals surface area contributed by atoms with Crippen molar-refractivity contribution in [1.29, 1.82) is 0 Å². The smallest absolute Gasteiger partial charge is 0.422 e. The van der Waals surface area contributed by atoms with Crippen molar-refractivity contribution in [2.24, 2.45) is 0 Å². The van der Waals surface area contributed by atoms with Crippen LogP contribution < -0.4 is 0 Å². The third-order valence-electron chi connectivity index (χ3n) is 3.24. The van der Waals surface area contributed by atoms with E-state index in [0.29, 0.717) is 6.61 Å². The van der Waals surface area contributed by atoms with Crippen molar-refractivity contribution in [3.05, 3.63) is 70.2 Å². The van der Waals surface area contributed by atoms with Crippen LogP contribution >= 0.6 is 15.9 Å². The second-order valence-corrected chi connectivity index (χ2v) is 5.44. The van der Waals surface area contributed by atoms with Crippen molar-refractivity contribution < 1.29 is 9.53 Å². The lowest BCUT2D eigenvalue weighted by atomic mass is 10.1. The molecule has 1 aliphatic rings. The van der Waals surface area contributed by atoms with Gasteiger partial charge in [0.15, 0.2) is 0 Å². The van der Waals surface area contributed by atoms with E-state index >= 15 is 0 Å². The molecule has 21 heavy (non-hydrogen) atoms. The van der Waals surface area contributed by atoms with Crippen LogP contribution in [0.25, 0.3) is 0 Å². The quantitative estimate of drug-likeness (QED) is 0.735. The van der Waals surface area contributed by atoms with Gasteiger partial charge in [-0.15, -0.1) is 0 Å². The molecular weight excluding hydrogens is 330 g/mol. The maximum absolute atomic E-state index is 11.9. The fraction of sp³-hybridized carbons (Fsp3) is 0.118. The van der Waals surface area contributed by atoms with Crippen LogP contribution in [0, 0.1) is 12.0 Å². The van der Waals surface area contributed by atoms with Crippen molar-refractivity contribution in [2.75, 3.05) is 6.61 Å². The summed E-state index contributed by atoms with van der Waals surface area (Å²) in [6, 6.07) is 20.2. The summed E-state index contributed by atoms with van der Waals surface area (Å²) in [5, 5.41) is 0. The van der Waals surface area contributed by atoms with Gasteiger partial charge < -0.3 is 4.74 Å². The monoisotopic (exact) mass is 341 g/mol. The van der Waals surface area contributed by atoms with Crippen LogP contribution in [0.2, 0.25) is 0 Å². The first kappa shape index (κ1) is 13.7. The van der Waals surface area contributed by atoms with Crippen LogP contribution in [0.3, 0.4) is 0 Å². The molecule has 0 unspecified atom stereocenters. The molecule has 2 aromatic rings. The highest BCUT2D eigenvalue weighted by atomic mass is 79.9. The zero-order valence-electron chi connectivity index (χ0n) is 11.1. The molecule has 0 spiro atoms. The van der Waals surface area contributed by atoms with E-state index in [1.165, 1.54) is 4.90 Å². The molecule has 3 rings (SSSR count). The van der Waals surface area contributed by atoms with E-state index in [1.54, 1.807) is 0 Å². The average molecular weight is 342 g/mol. The lowest BCUT2D eigenvalue weighted by Crippen LogP contribution is -2.22. The molecule has 0 N–H and O–H groups in total. The summed E-state index contributed by atoms with van der Waals surface area (Å²) in [7, 11) is 0. The lowest BCUT2D eigenvalue weighted by Gasteiger charge is -2.14. The number of rotatable bonds is 1. The Hall–Kier alpha value is -2.25. The molecule has 3 nitrogen and oxygen atoms in total. The standard InChI is InChI=1S/C17H12BrNO2/c18-15-9-5-4-6-13(15)10-11-19-16(12-21-17(19)20)14-7-2-1-3-8-14/h1-9,16H,12H2/t16-/m1/s1. The molecule has 0 radical (unpaired) electrons. The minimum absolute atomic E-state index is 0.159. The Kier molecular flexibility index (Phi) is 3.94. The Balaban J connectivity index is 1.90. The first-order valence-electron chi connectivity index (χ1n) is 6.53. The number of ether oxygens (including phenoxy) is 1. The van der Waals surface area contributed by atoms with E-state index < -0.39 is 6.09 Å². The van der Waals surface area contributed by atoms with Crippen LogP contribution in [-0.2, 0) is 4.74 Å². The largest absolute Gasteiger partial charge is 0.446 e. The van der Waals surface area contributed by atoms with Crippen LogP contribution in [0.5, 0.6) is 0 Å². The van der Waals surface area contributed by atoms with E-state index in [-0.39, 0.29) is 6.04 Å². The molecule has 0 saturated carbocycles.